The molecule has 0 saturated carbocycles. The summed E-state index contributed by atoms with van der Waals surface area (Å²) < 4.78 is 9.44. The summed E-state index contributed by atoms with van der Waals surface area (Å²) in [6, 6.07) is 0. The SMILES string of the molecule is COC(C)(C)COC=O. The Balaban J connectivity index is 3.44. The van der Waals surface area contributed by atoms with Crippen molar-refractivity contribution < 1.29 is 14.3 Å². The van der Waals surface area contributed by atoms with Gasteiger partial charge in [-0.3, -0.25) is 4.79 Å². The molecule has 0 heterocycles. The molecule has 0 bridgehead atoms. The number of rotatable bonds is 4. The zero-order valence-corrected chi connectivity index (χ0v) is 6.01. The van der Waals surface area contributed by atoms with E-state index in [2.05, 4.69) is 4.74 Å². The predicted octanol–water partition coefficient (Wildman–Crippen LogP) is 0.584. The summed E-state index contributed by atoms with van der Waals surface area (Å²) in [5.74, 6) is 0. The number of carbonyl (C=O) groups excluding carboxylic acids is 1. The fraction of sp³-hybridized carbons (Fsp3) is 0.833. The third-order valence-corrected chi connectivity index (χ3v) is 1.05. The van der Waals surface area contributed by atoms with Crippen molar-refractivity contribution in [1.82, 2.24) is 0 Å². The fourth-order valence-corrected chi connectivity index (χ4v) is 0.294. The van der Waals surface area contributed by atoms with E-state index in [1.165, 1.54) is 0 Å². The Bertz CT molecular complexity index is 88.3. The lowest BCUT2D eigenvalue weighted by molar-refractivity contribution is -0.136. The molecule has 9 heavy (non-hydrogen) atoms. The van der Waals surface area contributed by atoms with Crippen LogP contribution in [0.5, 0.6) is 0 Å². The Morgan fingerprint density at radius 3 is 2.44 bits per heavy atom. The standard InChI is InChI=1S/C6H12O3/c1-6(2,8-3)4-9-5-7/h5H,4H2,1-3H3. The molecule has 0 fully saturated rings. The van der Waals surface area contributed by atoms with Crippen molar-refractivity contribution >= 4 is 6.47 Å². The molecule has 0 aliphatic rings. The molecule has 0 spiro atoms. The van der Waals surface area contributed by atoms with Crippen LogP contribution in [0.2, 0.25) is 0 Å². The topological polar surface area (TPSA) is 35.5 Å². The Labute approximate surface area is 55.0 Å². The highest BCUT2D eigenvalue weighted by Crippen LogP contribution is 2.05. The summed E-state index contributed by atoms with van der Waals surface area (Å²) >= 11 is 0. The maximum absolute atomic E-state index is 9.69. The molecule has 3 heteroatoms. The molecule has 3 nitrogen and oxygen atoms in total. The second kappa shape index (κ2) is 3.45. The average molecular weight is 132 g/mol. The van der Waals surface area contributed by atoms with Crippen LogP contribution >= 0.6 is 0 Å². The molecule has 0 N–H and O–H groups in total. The molecule has 0 rings (SSSR count). The molecule has 0 aromatic rings. The largest absolute Gasteiger partial charge is 0.465 e. The lowest BCUT2D eigenvalue weighted by Crippen LogP contribution is -2.28. The molecule has 0 atom stereocenters. The fourth-order valence-electron chi connectivity index (χ4n) is 0.294. The van der Waals surface area contributed by atoms with Gasteiger partial charge in [0.2, 0.25) is 0 Å². The smallest absolute Gasteiger partial charge is 0.293 e. The summed E-state index contributed by atoms with van der Waals surface area (Å²) in [6.07, 6.45) is 0. The molecule has 0 aromatic carbocycles. The molecule has 0 amide bonds. The Hall–Kier alpha value is -0.570. The number of hydrogen-bond donors (Lipinski definition) is 0. The van der Waals surface area contributed by atoms with Crippen LogP contribution in [0.1, 0.15) is 13.8 Å². The van der Waals surface area contributed by atoms with E-state index in [1.54, 1.807) is 7.11 Å². The quantitative estimate of drug-likeness (QED) is 0.525. The van der Waals surface area contributed by atoms with Crippen molar-refractivity contribution in [2.75, 3.05) is 13.7 Å². The van der Waals surface area contributed by atoms with E-state index in [9.17, 15) is 4.79 Å². The monoisotopic (exact) mass is 132 g/mol. The molecule has 0 radical (unpaired) electrons. The zero-order valence-electron chi connectivity index (χ0n) is 6.01. The van der Waals surface area contributed by atoms with E-state index < -0.39 is 0 Å². The van der Waals surface area contributed by atoms with Crippen molar-refractivity contribution in [2.24, 2.45) is 0 Å². The van der Waals surface area contributed by atoms with E-state index in [1.807, 2.05) is 13.8 Å². The van der Waals surface area contributed by atoms with Crippen molar-refractivity contribution in [3.63, 3.8) is 0 Å². The number of methoxy groups -OCH3 is 1. The van der Waals surface area contributed by atoms with Crippen molar-refractivity contribution in [1.29, 1.82) is 0 Å². The van der Waals surface area contributed by atoms with Crippen molar-refractivity contribution in [3.05, 3.63) is 0 Å². The molecular formula is C6H12O3. The van der Waals surface area contributed by atoms with Gasteiger partial charge in [-0.25, -0.2) is 0 Å². The first-order chi connectivity index (χ1) is 4.12. The minimum absolute atomic E-state index is 0.299. The van der Waals surface area contributed by atoms with Gasteiger partial charge in [-0.2, -0.15) is 0 Å². The summed E-state index contributed by atoms with van der Waals surface area (Å²) in [4.78, 5) is 9.69. The third kappa shape index (κ3) is 3.97. The van der Waals surface area contributed by atoms with Gasteiger partial charge in [-0.15, -0.1) is 0 Å². The normalized spacial score (nSPS) is 11.0. The summed E-state index contributed by atoms with van der Waals surface area (Å²) in [5.41, 5.74) is -0.360. The second-order valence-electron chi connectivity index (χ2n) is 2.37. The average Bonchev–Trinajstić information content (AvgIpc) is 1.84. The second-order valence-corrected chi connectivity index (χ2v) is 2.37. The Morgan fingerprint density at radius 2 is 2.11 bits per heavy atom. The Morgan fingerprint density at radius 1 is 1.56 bits per heavy atom. The van der Waals surface area contributed by atoms with Crippen LogP contribution in [0.4, 0.5) is 0 Å². The highest BCUT2D eigenvalue weighted by Gasteiger charge is 2.15. The Kier molecular flexibility index (Phi) is 3.24. The molecule has 0 saturated heterocycles. The number of hydrogen-bond acceptors (Lipinski definition) is 3. The van der Waals surface area contributed by atoms with Gasteiger partial charge >= 0.3 is 0 Å². The van der Waals surface area contributed by atoms with E-state index in [0.29, 0.717) is 13.1 Å². The van der Waals surface area contributed by atoms with Gasteiger partial charge in [-0.1, -0.05) is 0 Å². The van der Waals surface area contributed by atoms with Gasteiger partial charge in [0.25, 0.3) is 6.47 Å². The molecule has 0 aliphatic heterocycles. The van der Waals surface area contributed by atoms with E-state index in [-0.39, 0.29) is 5.60 Å². The zero-order chi connectivity index (χ0) is 7.33. The maximum atomic E-state index is 9.69. The summed E-state index contributed by atoms with van der Waals surface area (Å²) in [7, 11) is 1.58. The van der Waals surface area contributed by atoms with Gasteiger partial charge < -0.3 is 9.47 Å². The minimum atomic E-state index is -0.360. The number of ether oxygens (including phenoxy) is 2. The van der Waals surface area contributed by atoms with Gasteiger partial charge in [0.15, 0.2) is 0 Å². The van der Waals surface area contributed by atoms with Crippen molar-refractivity contribution in [2.45, 2.75) is 19.4 Å². The van der Waals surface area contributed by atoms with Crippen LogP contribution in [-0.4, -0.2) is 25.8 Å². The third-order valence-electron chi connectivity index (χ3n) is 1.05. The van der Waals surface area contributed by atoms with Crippen LogP contribution in [0.15, 0.2) is 0 Å². The first-order valence-electron chi connectivity index (χ1n) is 2.73. The summed E-state index contributed by atoms with van der Waals surface area (Å²) in [5, 5.41) is 0. The van der Waals surface area contributed by atoms with Crippen LogP contribution in [0.3, 0.4) is 0 Å². The highest BCUT2D eigenvalue weighted by molar-refractivity contribution is 5.37. The van der Waals surface area contributed by atoms with E-state index >= 15 is 0 Å². The molecule has 54 valence electrons. The van der Waals surface area contributed by atoms with Crippen molar-refractivity contribution in [3.8, 4) is 0 Å². The first kappa shape index (κ1) is 8.43. The van der Waals surface area contributed by atoms with Gasteiger partial charge in [0.1, 0.15) is 6.61 Å². The minimum Gasteiger partial charge on any atom is -0.465 e. The first-order valence-corrected chi connectivity index (χ1v) is 2.73. The molecule has 0 unspecified atom stereocenters. The van der Waals surface area contributed by atoms with Gasteiger partial charge in [0, 0.05) is 7.11 Å². The summed E-state index contributed by atoms with van der Waals surface area (Å²) in [6.45, 7) is 4.40. The lowest BCUT2D eigenvalue weighted by atomic mass is 10.2. The van der Waals surface area contributed by atoms with E-state index in [4.69, 9.17) is 4.74 Å². The molecule has 0 aliphatic carbocycles. The predicted molar refractivity (Wildman–Crippen MR) is 33.1 cm³/mol. The molecular weight excluding hydrogens is 120 g/mol. The van der Waals surface area contributed by atoms with Crippen LogP contribution in [-0.2, 0) is 14.3 Å². The maximum Gasteiger partial charge on any atom is 0.293 e. The number of carbonyl (C=O) groups is 1. The van der Waals surface area contributed by atoms with Gasteiger partial charge in [0.05, 0.1) is 5.60 Å². The van der Waals surface area contributed by atoms with Gasteiger partial charge in [-0.05, 0) is 13.8 Å². The lowest BCUT2D eigenvalue weighted by Gasteiger charge is -2.20. The van der Waals surface area contributed by atoms with E-state index in [0.717, 1.165) is 0 Å². The van der Waals surface area contributed by atoms with Crippen LogP contribution in [0.25, 0.3) is 0 Å². The van der Waals surface area contributed by atoms with Crippen LogP contribution < -0.4 is 0 Å². The highest BCUT2D eigenvalue weighted by atomic mass is 16.6. The van der Waals surface area contributed by atoms with Crippen LogP contribution in [0, 0.1) is 0 Å². The molecule has 0 aromatic heterocycles.